The molecular formula is C30H36ClN3O3S. The molecule has 0 radical (unpaired) electrons. The van der Waals surface area contributed by atoms with Crippen molar-refractivity contribution in [3.63, 3.8) is 0 Å². The summed E-state index contributed by atoms with van der Waals surface area (Å²) in [5.41, 5.74) is 0.422. The number of carbonyl (C=O) groups is 2. The number of carbonyl (C=O) groups excluding carboxylic acids is 2. The van der Waals surface area contributed by atoms with Crippen LogP contribution in [0.2, 0.25) is 0 Å². The first kappa shape index (κ1) is 28.1. The molecule has 0 saturated carbocycles. The Labute approximate surface area is 235 Å². The van der Waals surface area contributed by atoms with Crippen molar-refractivity contribution < 1.29 is 14.3 Å². The molecule has 1 N–H and O–H groups in total. The van der Waals surface area contributed by atoms with E-state index in [0.29, 0.717) is 31.7 Å². The molecule has 5 rings (SSSR count). The summed E-state index contributed by atoms with van der Waals surface area (Å²) in [5.74, 6) is 2.03. The molecule has 2 amide bonds. The maximum atomic E-state index is 13.6. The van der Waals surface area contributed by atoms with Crippen LogP contribution in [0.25, 0.3) is 0 Å². The van der Waals surface area contributed by atoms with E-state index in [1.54, 1.807) is 11.3 Å². The molecule has 2 aliphatic rings. The number of benzene rings is 2. The van der Waals surface area contributed by atoms with Crippen LogP contribution in [0.3, 0.4) is 0 Å². The highest BCUT2D eigenvalue weighted by molar-refractivity contribution is 7.09. The summed E-state index contributed by atoms with van der Waals surface area (Å²) in [7, 11) is 0. The lowest BCUT2D eigenvalue weighted by molar-refractivity contribution is -0.162. The molecule has 8 heteroatoms. The normalized spacial score (nSPS) is 19.3. The average Bonchev–Trinajstić information content (AvgIpc) is 3.41. The zero-order chi connectivity index (χ0) is 25.8. The van der Waals surface area contributed by atoms with Crippen molar-refractivity contribution in [3.05, 3.63) is 82.6 Å². The summed E-state index contributed by atoms with van der Waals surface area (Å²) >= 11 is 1.64. The van der Waals surface area contributed by atoms with Crippen LogP contribution in [-0.2, 0) is 22.7 Å². The third-order valence-electron chi connectivity index (χ3n) is 7.40. The van der Waals surface area contributed by atoms with Crippen LogP contribution in [0.1, 0.15) is 43.6 Å². The van der Waals surface area contributed by atoms with E-state index in [1.807, 2.05) is 58.8 Å². The fourth-order valence-electron chi connectivity index (χ4n) is 5.42. The zero-order valence-corrected chi connectivity index (χ0v) is 23.6. The van der Waals surface area contributed by atoms with E-state index in [1.165, 1.54) is 5.56 Å². The third-order valence-corrected chi connectivity index (χ3v) is 8.26. The van der Waals surface area contributed by atoms with E-state index in [4.69, 9.17) is 4.74 Å². The van der Waals surface area contributed by atoms with E-state index in [-0.39, 0.29) is 24.2 Å². The van der Waals surface area contributed by atoms with Crippen LogP contribution >= 0.6 is 23.7 Å². The Bertz CT molecular complexity index is 1190. The number of piperazine rings is 1. The van der Waals surface area contributed by atoms with Crippen molar-refractivity contribution in [2.45, 2.75) is 57.8 Å². The van der Waals surface area contributed by atoms with Crippen molar-refractivity contribution in [2.24, 2.45) is 5.92 Å². The summed E-state index contributed by atoms with van der Waals surface area (Å²) in [6.07, 6.45) is 1.94. The predicted octanol–water partition coefficient (Wildman–Crippen LogP) is 5.87. The van der Waals surface area contributed by atoms with Gasteiger partial charge in [0.05, 0.1) is 6.54 Å². The largest absolute Gasteiger partial charge is 0.457 e. The second-order valence-corrected chi connectivity index (χ2v) is 11.6. The molecule has 2 fully saturated rings. The third kappa shape index (κ3) is 6.22. The van der Waals surface area contributed by atoms with Crippen LogP contribution in [-0.4, -0.2) is 46.3 Å². The fraction of sp³-hybridized carbons (Fsp3) is 0.400. The van der Waals surface area contributed by atoms with Gasteiger partial charge in [-0.2, -0.15) is 0 Å². The lowest BCUT2D eigenvalue weighted by atomic mass is 9.80. The molecule has 0 bridgehead atoms. The molecule has 202 valence electrons. The number of ether oxygens (including phenoxy) is 1. The monoisotopic (exact) mass is 553 g/mol. The molecule has 1 aromatic heterocycles. The first-order valence-corrected chi connectivity index (χ1v) is 14.0. The quantitative estimate of drug-likeness (QED) is 0.379. The molecule has 2 aliphatic heterocycles. The number of nitrogens with one attached hydrogen (secondary N) is 1. The minimum absolute atomic E-state index is 0. The van der Waals surface area contributed by atoms with E-state index >= 15 is 0 Å². The van der Waals surface area contributed by atoms with Crippen LogP contribution in [0.15, 0.2) is 72.1 Å². The maximum absolute atomic E-state index is 13.6. The van der Waals surface area contributed by atoms with Gasteiger partial charge in [-0.25, -0.2) is 0 Å². The molecular weight excluding hydrogens is 518 g/mol. The molecule has 1 unspecified atom stereocenters. The zero-order valence-electron chi connectivity index (χ0n) is 22.0. The van der Waals surface area contributed by atoms with Crippen LogP contribution in [0.5, 0.6) is 11.5 Å². The van der Waals surface area contributed by atoms with Gasteiger partial charge in [-0.3, -0.25) is 14.5 Å². The van der Waals surface area contributed by atoms with Gasteiger partial charge < -0.3 is 15.0 Å². The van der Waals surface area contributed by atoms with Gasteiger partial charge in [-0.1, -0.05) is 50.2 Å². The van der Waals surface area contributed by atoms with Gasteiger partial charge in [0.1, 0.15) is 23.1 Å². The van der Waals surface area contributed by atoms with E-state index in [9.17, 15) is 9.59 Å². The fourth-order valence-corrected chi connectivity index (χ4v) is 6.11. The molecule has 6 nitrogen and oxygen atoms in total. The number of amides is 2. The van der Waals surface area contributed by atoms with Crippen LogP contribution < -0.4 is 10.1 Å². The van der Waals surface area contributed by atoms with E-state index in [0.717, 1.165) is 36.0 Å². The topological polar surface area (TPSA) is 61.9 Å². The second kappa shape index (κ2) is 12.3. The summed E-state index contributed by atoms with van der Waals surface area (Å²) in [6.45, 7) is 7.01. The van der Waals surface area contributed by atoms with Gasteiger partial charge in [0.15, 0.2) is 0 Å². The standard InChI is InChI=1S/C30H35N3O3S.ClH/c1-22(2)19-27-28(34)33(21-26-9-6-18-37-26)30(29(35)31-27)14-16-32(17-15-30)20-23-10-12-25(13-11-23)36-24-7-4-3-5-8-24;/h3-13,18,22,27H,14-17,19-21H2,1-2H3,(H,31,35);1H. The first-order chi connectivity index (χ1) is 17.9. The van der Waals surface area contributed by atoms with E-state index < -0.39 is 11.6 Å². The molecule has 3 heterocycles. The number of para-hydroxylation sites is 1. The highest BCUT2D eigenvalue weighted by Gasteiger charge is 2.53. The van der Waals surface area contributed by atoms with Gasteiger partial charge in [0.2, 0.25) is 11.8 Å². The highest BCUT2D eigenvalue weighted by atomic mass is 35.5. The number of piperidine rings is 1. The average molecular weight is 554 g/mol. The van der Waals surface area contributed by atoms with Gasteiger partial charge >= 0.3 is 0 Å². The first-order valence-electron chi connectivity index (χ1n) is 13.1. The van der Waals surface area contributed by atoms with Crippen molar-refractivity contribution in [3.8, 4) is 11.5 Å². The SMILES string of the molecule is CC(C)CC1NC(=O)C2(CCN(Cc3ccc(Oc4ccccc4)cc3)CC2)N(Cc2cccs2)C1=O.Cl. The summed E-state index contributed by atoms with van der Waals surface area (Å²) in [4.78, 5) is 32.6. The smallest absolute Gasteiger partial charge is 0.246 e. The minimum atomic E-state index is -0.779. The Morgan fingerprint density at radius 3 is 2.26 bits per heavy atom. The molecule has 2 aromatic carbocycles. The Balaban J connectivity index is 0.00000336. The highest BCUT2D eigenvalue weighted by Crippen LogP contribution is 2.36. The van der Waals surface area contributed by atoms with Crippen molar-refractivity contribution in [1.29, 1.82) is 0 Å². The van der Waals surface area contributed by atoms with Crippen LogP contribution in [0, 0.1) is 5.92 Å². The van der Waals surface area contributed by atoms with E-state index in [2.05, 4.69) is 42.3 Å². The maximum Gasteiger partial charge on any atom is 0.246 e. The molecule has 38 heavy (non-hydrogen) atoms. The molecule has 1 spiro atoms. The molecule has 0 aliphatic carbocycles. The summed E-state index contributed by atoms with van der Waals surface area (Å²) in [5, 5.41) is 5.13. The Morgan fingerprint density at radius 1 is 0.947 bits per heavy atom. The molecule has 1 atom stereocenters. The summed E-state index contributed by atoms with van der Waals surface area (Å²) in [6, 6.07) is 21.6. The van der Waals surface area contributed by atoms with Gasteiger partial charge in [-0.05, 0) is 66.5 Å². The number of likely N-dealkylation sites (tertiary alicyclic amines) is 1. The lowest BCUT2D eigenvalue weighted by Crippen LogP contribution is -2.72. The number of hydrogen-bond donors (Lipinski definition) is 1. The number of thiophene rings is 1. The minimum Gasteiger partial charge on any atom is -0.457 e. The Hall–Kier alpha value is -2.87. The van der Waals surface area contributed by atoms with Crippen molar-refractivity contribution in [1.82, 2.24) is 15.1 Å². The van der Waals surface area contributed by atoms with Gasteiger partial charge in [-0.15, -0.1) is 23.7 Å². The van der Waals surface area contributed by atoms with Gasteiger partial charge in [0.25, 0.3) is 0 Å². The summed E-state index contributed by atoms with van der Waals surface area (Å²) < 4.78 is 5.91. The Kier molecular flexibility index (Phi) is 9.13. The molecule has 2 saturated heterocycles. The number of hydrogen-bond acceptors (Lipinski definition) is 5. The number of nitrogens with zero attached hydrogens (tertiary/aromatic N) is 2. The number of rotatable bonds is 8. The van der Waals surface area contributed by atoms with Crippen LogP contribution in [0.4, 0.5) is 0 Å². The van der Waals surface area contributed by atoms with Gasteiger partial charge in [0, 0.05) is 24.5 Å². The predicted molar refractivity (Wildman–Crippen MR) is 154 cm³/mol. The molecule has 3 aromatic rings. The Morgan fingerprint density at radius 2 is 1.63 bits per heavy atom. The van der Waals surface area contributed by atoms with Crippen molar-refractivity contribution in [2.75, 3.05) is 13.1 Å². The van der Waals surface area contributed by atoms with Crippen molar-refractivity contribution >= 4 is 35.6 Å². The second-order valence-electron chi connectivity index (χ2n) is 10.5. The number of halogens is 1. The lowest BCUT2D eigenvalue weighted by Gasteiger charge is -2.51.